The highest BCUT2D eigenvalue weighted by Gasteiger charge is 2.21. The largest absolute Gasteiger partial charge is 0.454 e. The minimum atomic E-state index is -3.85. The standard InChI is InChI=1S/C14H11ClN2O5S/c15-11-4-8(5-12-13(11)22-7-21-12)14(18)17-9-2-1-3-10(6-9)23(16,19)20/h1-6H,7H2,(H,17,18)(H2,16,19,20). The first-order chi connectivity index (χ1) is 10.8. The summed E-state index contributed by atoms with van der Waals surface area (Å²) in [6.07, 6.45) is 0. The van der Waals surface area contributed by atoms with Gasteiger partial charge in [0.1, 0.15) is 0 Å². The van der Waals surface area contributed by atoms with Crippen LogP contribution in [0.1, 0.15) is 10.4 Å². The molecule has 0 aliphatic carbocycles. The smallest absolute Gasteiger partial charge is 0.255 e. The average Bonchev–Trinajstić information content (AvgIpc) is 2.95. The zero-order valence-electron chi connectivity index (χ0n) is 11.6. The van der Waals surface area contributed by atoms with Crippen LogP contribution in [0.3, 0.4) is 0 Å². The summed E-state index contributed by atoms with van der Waals surface area (Å²) in [6.45, 7) is 0.0382. The normalized spacial score (nSPS) is 13.0. The monoisotopic (exact) mass is 354 g/mol. The predicted molar refractivity (Wildman–Crippen MR) is 83.3 cm³/mol. The Bertz CT molecular complexity index is 898. The number of halogens is 1. The Morgan fingerprint density at radius 2 is 2.00 bits per heavy atom. The molecule has 0 radical (unpaired) electrons. The third-order valence-corrected chi connectivity index (χ3v) is 4.30. The molecule has 2 aromatic carbocycles. The van der Waals surface area contributed by atoms with Crippen molar-refractivity contribution < 1.29 is 22.7 Å². The first-order valence-electron chi connectivity index (χ1n) is 6.38. The van der Waals surface area contributed by atoms with Crippen LogP contribution >= 0.6 is 11.6 Å². The van der Waals surface area contributed by atoms with Crippen LogP contribution in [0.5, 0.6) is 11.5 Å². The molecule has 1 aliphatic heterocycles. The van der Waals surface area contributed by atoms with Gasteiger partial charge in [0.15, 0.2) is 11.5 Å². The number of sulfonamides is 1. The molecule has 7 nitrogen and oxygen atoms in total. The molecule has 1 heterocycles. The summed E-state index contributed by atoms with van der Waals surface area (Å²) in [7, 11) is -3.85. The van der Waals surface area contributed by atoms with Crippen molar-refractivity contribution in [3.63, 3.8) is 0 Å². The molecule has 0 aromatic heterocycles. The molecular formula is C14H11ClN2O5S. The lowest BCUT2D eigenvalue weighted by molar-refractivity contribution is 0.102. The van der Waals surface area contributed by atoms with Gasteiger partial charge < -0.3 is 14.8 Å². The van der Waals surface area contributed by atoms with E-state index in [1.54, 1.807) is 6.07 Å². The molecule has 1 aliphatic rings. The summed E-state index contributed by atoms with van der Waals surface area (Å²) >= 11 is 6.03. The minimum absolute atomic E-state index is 0.0382. The third-order valence-electron chi connectivity index (χ3n) is 3.11. The number of hydrogen-bond donors (Lipinski definition) is 2. The Balaban J connectivity index is 1.87. The second kappa shape index (κ2) is 5.73. The van der Waals surface area contributed by atoms with Crippen LogP contribution < -0.4 is 19.9 Å². The molecule has 9 heteroatoms. The molecule has 0 atom stereocenters. The maximum absolute atomic E-state index is 12.3. The van der Waals surface area contributed by atoms with E-state index in [2.05, 4.69) is 5.32 Å². The zero-order valence-corrected chi connectivity index (χ0v) is 13.1. The summed E-state index contributed by atoms with van der Waals surface area (Å²) in [5.41, 5.74) is 0.538. The SMILES string of the molecule is NS(=O)(=O)c1cccc(NC(=O)c2cc(Cl)c3c(c2)OCO3)c1. The van der Waals surface area contributed by atoms with Gasteiger partial charge in [0, 0.05) is 11.3 Å². The van der Waals surface area contributed by atoms with E-state index < -0.39 is 15.9 Å². The number of fused-ring (bicyclic) bond motifs is 1. The van der Waals surface area contributed by atoms with Crippen molar-refractivity contribution in [2.75, 3.05) is 12.1 Å². The highest BCUT2D eigenvalue weighted by molar-refractivity contribution is 7.89. The summed E-state index contributed by atoms with van der Waals surface area (Å²) in [5.74, 6) is 0.289. The molecule has 0 fully saturated rings. The first-order valence-corrected chi connectivity index (χ1v) is 8.30. The quantitative estimate of drug-likeness (QED) is 0.876. The van der Waals surface area contributed by atoms with Crippen molar-refractivity contribution in [2.24, 2.45) is 5.14 Å². The molecule has 3 N–H and O–H groups in total. The second-order valence-corrected chi connectivity index (χ2v) is 6.69. The molecule has 2 aromatic rings. The number of nitrogens with two attached hydrogens (primary N) is 1. The van der Waals surface area contributed by atoms with Gasteiger partial charge in [-0.25, -0.2) is 13.6 Å². The van der Waals surface area contributed by atoms with E-state index in [9.17, 15) is 13.2 Å². The van der Waals surface area contributed by atoms with Gasteiger partial charge in [-0.15, -0.1) is 0 Å². The third kappa shape index (κ3) is 3.24. The van der Waals surface area contributed by atoms with E-state index in [1.165, 1.54) is 30.3 Å². The molecule has 0 unspecified atom stereocenters. The number of carbonyl (C=O) groups excluding carboxylic acids is 1. The van der Waals surface area contributed by atoms with Crippen molar-refractivity contribution in [1.82, 2.24) is 0 Å². The molecule has 0 saturated carbocycles. The summed E-state index contributed by atoms with van der Waals surface area (Å²) < 4.78 is 33.0. The van der Waals surface area contributed by atoms with Crippen molar-refractivity contribution >= 4 is 33.2 Å². The molecular weight excluding hydrogens is 344 g/mol. The van der Waals surface area contributed by atoms with Gasteiger partial charge in [0.05, 0.1) is 9.92 Å². The van der Waals surface area contributed by atoms with Gasteiger partial charge in [-0.2, -0.15) is 0 Å². The van der Waals surface area contributed by atoms with Crippen molar-refractivity contribution in [3.8, 4) is 11.5 Å². The lowest BCUT2D eigenvalue weighted by Crippen LogP contribution is -2.14. The van der Waals surface area contributed by atoms with Gasteiger partial charge in [-0.3, -0.25) is 4.79 Å². The van der Waals surface area contributed by atoms with Crippen LogP contribution in [0, 0.1) is 0 Å². The number of ether oxygens (including phenoxy) is 2. The van der Waals surface area contributed by atoms with E-state index in [1.807, 2.05) is 0 Å². The van der Waals surface area contributed by atoms with Crippen molar-refractivity contribution in [1.29, 1.82) is 0 Å². The molecule has 3 rings (SSSR count). The number of anilines is 1. The van der Waals surface area contributed by atoms with Crippen LogP contribution in [-0.4, -0.2) is 21.1 Å². The first kappa shape index (κ1) is 15.6. The number of amides is 1. The highest BCUT2D eigenvalue weighted by atomic mass is 35.5. The zero-order chi connectivity index (χ0) is 16.6. The van der Waals surface area contributed by atoms with Crippen LogP contribution in [0.2, 0.25) is 5.02 Å². The number of nitrogens with one attached hydrogen (secondary N) is 1. The maximum atomic E-state index is 12.3. The molecule has 23 heavy (non-hydrogen) atoms. The lowest BCUT2D eigenvalue weighted by Gasteiger charge is -2.08. The Kier molecular flexibility index (Phi) is 3.88. The molecule has 1 amide bonds. The Hall–Kier alpha value is -2.29. The Morgan fingerprint density at radius 1 is 1.22 bits per heavy atom. The fraction of sp³-hybridized carbons (Fsp3) is 0.0714. The number of rotatable bonds is 3. The molecule has 0 spiro atoms. The number of benzene rings is 2. The molecule has 120 valence electrons. The van der Waals surface area contributed by atoms with E-state index in [4.69, 9.17) is 26.2 Å². The van der Waals surface area contributed by atoms with E-state index in [-0.39, 0.29) is 28.0 Å². The summed E-state index contributed by atoms with van der Waals surface area (Å²) in [6, 6.07) is 8.55. The molecule has 0 saturated heterocycles. The average molecular weight is 355 g/mol. The minimum Gasteiger partial charge on any atom is -0.454 e. The maximum Gasteiger partial charge on any atom is 0.255 e. The number of carbonyl (C=O) groups is 1. The number of hydrogen-bond acceptors (Lipinski definition) is 5. The Labute approximate surface area is 137 Å². The fourth-order valence-electron chi connectivity index (χ4n) is 2.05. The van der Waals surface area contributed by atoms with Crippen LogP contribution in [0.15, 0.2) is 41.3 Å². The Morgan fingerprint density at radius 3 is 2.74 bits per heavy atom. The van der Waals surface area contributed by atoms with Crippen LogP contribution in [0.4, 0.5) is 5.69 Å². The van der Waals surface area contributed by atoms with Crippen LogP contribution in [-0.2, 0) is 10.0 Å². The lowest BCUT2D eigenvalue weighted by atomic mass is 10.2. The highest BCUT2D eigenvalue weighted by Crippen LogP contribution is 2.39. The van der Waals surface area contributed by atoms with Crippen molar-refractivity contribution in [3.05, 3.63) is 47.0 Å². The van der Waals surface area contributed by atoms with Gasteiger partial charge in [-0.1, -0.05) is 17.7 Å². The van der Waals surface area contributed by atoms with E-state index >= 15 is 0 Å². The van der Waals surface area contributed by atoms with Gasteiger partial charge in [0.2, 0.25) is 16.8 Å². The van der Waals surface area contributed by atoms with Gasteiger partial charge in [0.25, 0.3) is 5.91 Å². The second-order valence-electron chi connectivity index (χ2n) is 4.72. The van der Waals surface area contributed by atoms with Crippen LogP contribution in [0.25, 0.3) is 0 Å². The predicted octanol–water partition coefficient (Wildman–Crippen LogP) is 1.97. The summed E-state index contributed by atoms with van der Waals surface area (Å²) in [5, 5.41) is 7.89. The van der Waals surface area contributed by atoms with Gasteiger partial charge >= 0.3 is 0 Å². The summed E-state index contributed by atoms with van der Waals surface area (Å²) in [4.78, 5) is 12.2. The molecule has 0 bridgehead atoms. The van der Waals surface area contributed by atoms with E-state index in [0.717, 1.165) is 0 Å². The van der Waals surface area contributed by atoms with E-state index in [0.29, 0.717) is 11.5 Å². The van der Waals surface area contributed by atoms with Gasteiger partial charge in [-0.05, 0) is 30.3 Å². The fourth-order valence-corrected chi connectivity index (χ4v) is 2.88. The van der Waals surface area contributed by atoms with Crippen molar-refractivity contribution in [2.45, 2.75) is 4.90 Å². The number of primary sulfonamides is 1. The topological polar surface area (TPSA) is 108 Å².